The van der Waals surface area contributed by atoms with E-state index in [9.17, 15) is 40.2 Å². The number of rotatable bonds is 5. The maximum absolute atomic E-state index is 11.3. The van der Waals surface area contributed by atoms with Crippen LogP contribution in [0.2, 0.25) is 0 Å². The van der Waals surface area contributed by atoms with Crippen LogP contribution in [0, 0.1) is 0 Å². The van der Waals surface area contributed by atoms with Gasteiger partial charge in [-0.15, -0.1) is 0 Å². The number of aliphatic carboxylic acids is 1. The van der Waals surface area contributed by atoms with Gasteiger partial charge in [0.25, 0.3) is 0 Å². The number of carboxylic acids is 1. The van der Waals surface area contributed by atoms with E-state index in [0.717, 1.165) is 0 Å². The maximum Gasteiger partial charge on any atom is 0.335 e. The van der Waals surface area contributed by atoms with Gasteiger partial charge in [-0.2, -0.15) is 0 Å². The van der Waals surface area contributed by atoms with Crippen LogP contribution in [0.5, 0.6) is 0 Å². The molecular weight excluding hydrogens is 381 g/mol. The normalized spacial score (nSPS) is 42.1. The molecule has 13 heteroatoms. The smallest absolute Gasteiger partial charge is 0.335 e. The fourth-order valence-corrected chi connectivity index (χ4v) is 2.92. The summed E-state index contributed by atoms with van der Waals surface area (Å²) in [6, 6.07) is -0.920. The fraction of sp³-hybridized carbons (Fsp3) is 0.857. The van der Waals surface area contributed by atoms with Crippen molar-refractivity contribution in [3.63, 3.8) is 0 Å². The zero-order chi connectivity index (χ0) is 19.6. The molecule has 0 unspecified atom stereocenters. The second-order valence-corrected chi connectivity index (χ2v) is 6.20. The van der Waals surface area contributed by atoms with E-state index in [1.54, 1.807) is 0 Å². The van der Waals surface area contributed by atoms with Crippen LogP contribution in [0.3, 0.4) is 0 Å². The number of carbonyl (C=O) groups is 2. The molecule has 2 saturated heterocycles. The molecule has 0 aromatic carbocycles. The Balaban J connectivity index is 0.00000364. The Labute approximate surface area is 176 Å². The van der Waals surface area contributed by atoms with Crippen molar-refractivity contribution in [3.05, 3.63) is 0 Å². The van der Waals surface area contributed by atoms with Gasteiger partial charge in [-0.05, 0) is 0 Å². The second kappa shape index (κ2) is 10.4. The van der Waals surface area contributed by atoms with E-state index in [1.807, 2.05) is 0 Å². The van der Waals surface area contributed by atoms with Crippen molar-refractivity contribution in [2.24, 2.45) is 0 Å². The molecule has 1 radical (unpaired) electrons. The molecule has 7 N–H and O–H groups in total. The number of hydrogen-bond acceptors (Lipinski definition) is 10. The zero-order valence-electron chi connectivity index (χ0n) is 14.8. The number of hydrogen-bond donors (Lipinski definition) is 7. The molecular formula is C14H23NNaO11. The molecule has 0 bridgehead atoms. The van der Waals surface area contributed by atoms with E-state index in [0.29, 0.717) is 0 Å². The summed E-state index contributed by atoms with van der Waals surface area (Å²) >= 11 is 0. The number of carboxylic acid groups (broad SMARTS) is 1. The summed E-state index contributed by atoms with van der Waals surface area (Å²) in [7, 11) is 0. The average molecular weight is 404 g/mol. The fourth-order valence-electron chi connectivity index (χ4n) is 2.92. The van der Waals surface area contributed by atoms with E-state index in [-0.39, 0.29) is 36.0 Å². The molecule has 1 amide bonds. The van der Waals surface area contributed by atoms with Crippen LogP contribution in [-0.4, -0.2) is 134 Å². The predicted octanol–water partition coefficient (Wildman–Crippen LogP) is -4.51. The number of aliphatic hydroxyl groups is 5. The Morgan fingerprint density at radius 3 is 2.30 bits per heavy atom. The number of amides is 1. The van der Waals surface area contributed by atoms with Gasteiger partial charge in [0.05, 0.1) is 18.8 Å². The molecule has 0 aromatic rings. The van der Waals surface area contributed by atoms with E-state index >= 15 is 0 Å². The van der Waals surface area contributed by atoms with Gasteiger partial charge in [0.15, 0.2) is 18.7 Å². The van der Waals surface area contributed by atoms with Crippen LogP contribution in [-0.2, 0) is 23.8 Å². The minimum absolute atomic E-state index is 0. The van der Waals surface area contributed by atoms with Gasteiger partial charge in [0.2, 0.25) is 5.91 Å². The number of aliphatic hydroxyl groups excluding tert-OH is 5. The summed E-state index contributed by atoms with van der Waals surface area (Å²) < 4.78 is 15.6. The molecule has 2 aliphatic rings. The Kier molecular flexibility index (Phi) is 9.51. The SMILES string of the molecule is CC(=O)N[C@@H]1C[C@H](O)[C@@H](CO)O[C@H]1O[C@H]1[C@H](O)[C@@H](O)[C@H](O)O[C@@H]1C(=O)O.[Na]. The molecule has 2 fully saturated rings. The predicted molar refractivity (Wildman–Crippen MR) is 85.1 cm³/mol. The Bertz CT molecular complexity index is 523. The van der Waals surface area contributed by atoms with Gasteiger partial charge < -0.3 is 50.2 Å². The second-order valence-electron chi connectivity index (χ2n) is 6.20. The van der Waals surface area contributed by atoms with E-state index in [4.69, 9.17) is 14.2 Å². The molecule has 12 nitrogen and oxygen atoms in total. The third-order valence-electron chi connectivity index (χ3n) is 4.23. The first-order chi connectivity index (χ1) is 12.1. The molecule has 151 valence electrons. The summed E-state index contributed by atoms with van der Waals surface area (Å²) in [6.07, 6.45) is -12.7. The van der Waals surface area contributed by atoms with Gasteiger partial charge in [-0.25, -0.2) is 4.79 Å². The average Bonchev–Trinajstić information content (AvgIpc) is 2.56. The Hall–Kier alpha value is -0.380. The molecule has 0 saturated carbocycles. The minimum Gasteiger partial charge on any atom is -0.479 e. The summed E-state index contributed by atoms with van der Waals surface area (Å²) in [5.74, 6) is -2.04. The molecule has 2 rings (SSSR count). The molecule has 2 aliphatic heterocycles. The minimum atomic E-state index is -1.93. The summed E-state index contributed by atoms with van der Waals surface area (Å²) in [5.41, 5.74) is 0. The monoisotopic (exact) mass is 404 g/mol. The van der Waals surface area contributed by atoms with Crippen molar-refractivity contribution in [1.82, 2.24) is 5.32 Å². The quantitative estimate of drug-likeness (QED) is 0.218. The zero-order valence-corrected chi connectivity index (χ0v) is 16.8. The van der Waals surface area contributed by atoms with Gasteiger partial charge in [-0.1, -0.05) is 0 Å². The first-order valence-corrected chi connectivity index (χ1v) is 7.95. The van der Waals surface area contributed by atoms with Gasteiger partial charge in [0, 0.05) is 42.9 Å². The number of carbonyl (C=O) groups excluding carboxylic acids is 1. The van der Waals surface area contributed by atoms with Crippen molar-refractivity contribution in [2.75, 3.05) is 6.61 Å². The third kappa shape index (κ3) is 5.81. The topological polar surface area (TPSA) is 195 Å². The van der Waals surface area contributed by atoms with Crippen molar-refractivity contribution in [2.45, 2.75) is 68.6 Å². The third-order valence-corrected chi connectivity index (χ3v) is 4.23. The van der Waals surface area contributed by atoms with E-state index < -0.39 is 73.7 Å². The van der Waals surface area contributed by atoms with Crippen molar-refractivity contribution in [1.29, 1.82) is 0 Å². The van der Waals surface area contributed by atoms with Gasteiger partial charge >= 0.3 is 5.97 Å². The van der Waals surface area contributed by atoms with Gasteiger partial charge in [-0.3, -0.25) is 4.79 Å². The first kappa shape index (κ1) is 24.7. The summed E-state index contributed by atoms with van der Waals surface area (Å²) in [4.78, 5) is 22.7. The van der Waals surface area contributed by atoms with Crippen LogP contribution >= 0.6 is 0 Å². The molecule has 2 heterocycles. The van der Waals surface area contributed by atoms with E-state index in [1.165, 1.54) is 6.92 Å². The van der Waals surface area contributed by atoms with Gasteiger partial charge in [0.1, 0.15) is 24.4 Å². The largest absolute Gasteiger partial charge is 0.479 e. The molecule has 27 heavy (non-hydrogen) atoms. The molecule has 0 spiro atoms. The number of nitrogens with one attached hydrogen (secondary N) is 1. The van der Waals surface area contributed by atoms with Crippen molar-refractivity contribution in [3.8, 4) is 0 Å². The number of ether oxygens (including phenoxy) is 3. The van der Waals surface area contributed by atoms with Crippen LogP contribution in [0.4, 0.5) is 0 Å². The Morgan fingerprint density at radius 1 is 1.15 bits per heavy atom. The van der Waals surface area contributed by atoms with Crippen molar-refractivity contribution >= 4 is 41.4 Å². The van der Waals surface area contributed by atoms with E-state index in [2.05, 4.69) is 5.32 Å². The summed E-state index contributed by atoms with van der Waals surface area (Å²) in [6.45, 7) is 0.640. The van der Waals surface area contributed by atoms with Crippen LogP contribution in [0.1, 0.15) is 13.3 Å². The standard InChI is InChI=1S/C14H23NO11.Na/c1-4(17)15-5-2-6(18)7(3-16)24-14(5)26-10-8(19)9(20)13(23)25-11(10)12(21)22;/h5-11,13-14,16,18-20,23H,2-3H2,1H3,(H,15,17)(H,21,22);/t5-,6+,7-,8-,9-,10+,11+,13-,14+;/m1./s1. The van der Waals surface area contributed by atoms with Crippen LogP contribution < -0.4 is 5.32 Å². The first-order valence-electron chi connectivity index (χ1n) is 7.95. The van der Waals surface area contributed by atoms with Crippen LogP contribution in [0.15, 0.2) is 0 Å². The van der Waals surface area contributed by atoms with Crippen molar-refractivity contribution < 1.29 is 54.4 Å². The Morgan fingerprint density at radius 2 is 1.78 bits per heavy atom. The molecule has 0 aliphatic carbocycles. The molecule has 0 aromatic heterocycles. The van der Waals surface area contributed by atoms with Crippen LogP contribution in [0.25, 0.3) is 0 Å². The molecule has 9 atom stereocenters. The maximum atomic E-state index is 11.3. The summed E-state index contributed by atoms with van der Waals surface area (Å²) in [5, 5.41) is 60.1.